The van der Waals surface area contributed by atoms with E-state index in [2.05, 4.69) is 30.0 Å². The van der Waals surface area contributed by atoms with Gasteiger partial charge in [-0.05, 0) is 73.2 Å². The fraction of sp³-hybridized carbons (Fsp3) is 0.696. The number of benzene rings is 1. The summed E-state index contributed by atoms with van der Waals surface area (Å²) in [5, 5.41) is 0. The van der Waals surface area contributed by atoms with Crippen molar-refractivity contribution in [3.05, 3.63) is 29.3 Å². The highest BCUT2D eigenvalue weighted by Crippen LogP contribution is 2.57. The van der Waals surface area contributed by atoms with Crippen LogP contribution in [0.5, 0.6) is 5.75 Å². The zero-order chi connectivity index (χ0) is 17.9. The van der Waals surface area contributed by atoms with Gasteiger partial charge in [0, 0.05) is 30.8 Å². The molecule has 1 heterocycles. The Morgan fingerprint density at radius 2 is 2.12 bits per heavy atom. The molecule has 140 valence electrons. The fourth-order valence-electron chi connectivity index (χ4n) is 6.76. The van der Waals surface area contributed by atoms with Gasteiger partial charge in [0.2, 0.25) is 0 Å². The minimum atomic E-state index is 0.0532. The predicted molar refractivity (Wildman–Crippen MR) is 103 cm³/mol. The molecule has 0 amide bonds. The molecule has 1 aromatic carbocycles. The van der Waals surface area contributed by atoms with Crippen LogP contribution in [0, 0.1) is 17.8 Å². The molecule has 0 radical (unpaired) electrons. The molecule has 1 aromatic rings. The summed E-state index contributed by atoms with van der Waals surface area (Å²) >= 11 is 0. The van der Waals surface area contributed by atoms with E-state index in [0.717, 1.165) is 43.9 Å². The van der Waals surface area contributed by atoms with Crippen molar-refractivity contribution in [1.29, 1.82) is 0 Å². The number of likely N-dealkylation sites (tertiary alicyclic amines) is 1. The molecular formula is C23H31NO2. The highest BCUT2D eigenvalue weighted by molar-refractivity contribution is 5.82. The van der Waals surface area contributed by atoms with Crippen LogP contribution in [-0.4, -0.2) is 36.9 Å². The number of hydrogen-bond donors (Lipinski definition) is 0. The van der Waals surface area contributed by atoms with Gasteiger partial charge in [-0.15, -0.1) is 0 Å². The molecule has 26 heavy (non-hydrogen) atoms. The average Bonchev–Trinajstić information content (AvgIpc) is 2.58. The summed E-state index contributed by atoms with van der Waals surface area (Å²) in [7, 11) is 1.75. The highest BCUT2D eigenvalue weighted by atomic mass is 16.5. The third-order valence-corrected chi connectivity index (χ3v) is 8.04. The Morgan fingerprint density at radius 3 is 2.85 bits per heavy atom. The number of rotatable bonds is 3. The lowest BCUT2D eigenvalue weighted by Gasteiger charge is -2.61. The number of carbonyl (C=O) groups excluding carboxylic acids is 1. The van der Waals surface area contributed by atoms with E-state index in [9.17, 15) is 4.79 Å². The van der Waals surface area contributed by atoms with E-state index in [1.54, 1.807) is 7.11 Å². The summed E-state index contributed by atoms with van der Waals surface area (Å²) in [4.78, 5) is 15.5. The van der Waals surface area contributed by atoms with Gasteiger partial charge in [0.05, 0.1) is 7.11 Å². The number of piperidine rings is 1. The molecule has 0 unspecified atom stereocenters. The molecule has 5 rings (SSSR count). The summed E-state index contributed by atoms with van der Waals surface area (Å²) in [6.07, 6.45) is 8.06. The third-order valence-electron chi connectivity index (χ3n) is 8.04. The largest absolute Gasteiger partial charge is 0.497 e. The monoisotopic (exact) mass is 353 g/mol. The maximum Gasteiger partial charge on any atom is 0.134 e. The van der Waals surface area contributed by atoms with E-state index in [1.807, 2.05) is 0 Å². The summed E-state index contributed by atoms with van der Waals surface area (Å²) in [5.74, 6) is 3.44. The van der Waals surface area contributed by atoms with Crippen LogP contribution in [0.25, 0.3) is 0 Å². The zero-order valence-electron chi connectivity index (χ0n) is 16.2. The number of nitrogens with zero attached hydrogens (tertiary/aromatic N) is 1. The van der Waals surface area contributed by atoms with Crippen LogP contribution in [0.2, 0.25) is 0 Å². The SMILES string of the molecule is COc1ccc2c(c1)[C@]13CCN(CC4CCC4)[C@H](C2)[C@@H]1[C@H](C)CC(=O)C3. The van der Waals surface area contributed by atoms with E-state index in [1.165, 1.54) is 36.9 Å². The van der Waals surface area contributed by atoms with E-state index in [0.29, 0.717) is 23.7 Å². The maximum absolute atomic E-state index is 12.7. The third kappa shape index (κ3) is 2.39. The second-order valence-electron chi connectivity index (χ2n) is 9.42. The molecule has 4 atom stereocenters. The number of fused-ring (bicyclic) bond motifs is 1. The number of carbonyl (C=O) groups is 1. The number of ketones is 1. The predicted octanol–water partition coefficient (Wildman–Crippen LogP) is 3.98. The van der Waals surface area contributed by atoms with Crippen molar-refractivity contribution in [2.75, 3.05) is 20.2 Å². The molecule has 2 bridgehead atoms. The van der Waals surface area contributed by atoms with Gasteiger partial charge < -0.3 is 4.74 Å². The van der Waals surface area contributed by atoms with Crippen LogP contribution in [-0.2, 0) is 16.6 Å². The molecule has 1 saturated heterocycles. The van der Waals surface area contributed by atoms with Crippen molar-refractivity contribution >= 4 is 5.78 Å². The minimum Gasteiger partial charge on any atom is -0.497 e. The minimum absolute atomic E-state index is 0.0532. The van der Waals surface area contributed by atoms with E-state index in [4.69, 9.17) is 4.74 Å². The van der Waals surface area contributed by atoms with Crippen molar-refractivity contribution in [2.45, 2.75) is 63.3 Å². The Morgan fingerprint density at radius 1 is 1.27 bits per heavy atom. The summed E-state index contributed by atoms with van der Waals surface area (Å²) < 4.78 is 5.55. The Hall–Kier alpha value is -1.35. The second kappa shape index (κ2) is 6.09. The van der Waals surface area contributed by atoms with Crippen LogP contribution in [0.15, 0.2) is 18.2 Å². The number of ether oxygens (including phenoxy) is 1. The molecule has 3 nitrogen and oxygen atoms in total. The van der Waals surface area contributed by atoms with Crippen LogP contribution >= 0.6 is 0 Å². The van der Waals surface area contributed by atoms with Crippen molar-refractivity contribution in [3.63, 3.8) is 0 Å². The quantitative estimate of drug-likeness (QED) is 0.823. The van der Waals surface area contributed by atoms with Gasteiger partial charge >= 0.3 is 0 Å². The van der Waals surface area contributed by atoms with Gasteiger partial charge in [-0.2, -0.15) is 0 Å². The molecule has 0 aromatic heterocycles. The summed E-state index contributed by atoms with van der Waals surface area (Å²) in [6, 6.07) is 7.25. The molecule has 1 aliphatic heterocycles. The molecular weight excluding hydrogens is 322 g/mol. The van der Waals surface area contributed by atoms with Crippen LogP contribution in [0.1, 0.15) is 56.6 Å². The van der Waals surface area contributed by atoms with Crippen LogP contribution in [0.4, 0.5) is 0 Å². The van der Waals surface area contributed by atoms with Gasteiger partial charge in [0.15, 0.2) is 0 Å². The van der Waals surface area contributed by atoms with Gasteiger partial charge in [0.1, 0.15) is 11.5 Å². The first kappa shape index (κ1) is 16.8. The van der Waals surface area contributed by atoms with Gasteiger partial charge in [-0.1, -0.05) is 19.4 Å². The molecule has 3 aliphatic carbocycles. The molecule has 3 heteroatoms. The van der Waals surface area contributed by atoms with Gasteiger partial charge in [-0.3, -0.25) is 9.69 Å². The van der Waals surface area contributed by atoms with Gasteiger partial charge in [-0.25, -0.2) is 0 Å². The first-order valence-electron chi connectivity index (χ1n) is 10.5. The van der Waals surface area contributed by atoms with Crippen molar-refractivity contribution in [1.82, 2.24) is 4.90 Å². The topological polar surface area (TPSA) is 29.5 Å². The average molecular weight is 354 g/mol. The van der Waals surface area contributed by atoms with Crippen LogP contribution < -0.4 is 4.74 Å². The number of methoxy groups -OCH3 is 1. The number of Topliss-reactive ketones (excluding diaryl/α,β-unsaturated/α-hetero) is 1. The van der Waals surface area contributed by atoms with Crippen molar-refractivity contribution in [2.24, 2.45) is 17.8 Å². The fourth-order valence-corrected chi connectivity index (χ4v) is 6.76. The lowest BCUT2D eigenvalue weighted by molar-refractivity contribution is -0.131. The summed E-state index contributed by atoms with van der Waals surface area (Å²) in [5.41, 5.74) is 2.95. The normalized spacial score (nSPS) is 36.8. The Balaban J connectivity index is 1.58. The molecule has 0 N–H and O–H groups in total. The Labute approximate surface area is 157 Å². The number of hydrogen-bond acceptors (Lipinski definition) is 3. The smallest absolute Gasteiger partial charge is 0.134 e. The Kier molecular flexibility index (Phi) is 3.93. The lowest BCUT2D eigenvalue weighted by Crippen LogP contribution is -2.64. The maximum atomic E-state index is 12.7. The Bertz CT molecular complexity index is 725. The zero-order valence-corrected chi connectivity index (χ0v) is 16.2. The van der Waals surface area contributed by atoms with E-state index >= 15 is 0 Å². The van der Waals surface area contributed by atoms with Gasteiger partial charge in [0.25, 0.3) is 0 Å². The standard InChI is InChI=1S/C23H31NO2/c1-15-10-18(25)13-23-8-9-24(14-16-4-3-5-16)21(22(15)23)11-17-6-7-19(26-2)12-20(17)23/h6-7,12,15-16,21-22H,3-5,8-11,13-14H2,1-2H3/t15-,21-,22+,23-/m1/s1. The molecule has 3 fully saturated rings. The van der Waals surface area contributed by atoms with Crippen LogP contribution in [0.3, 0.4) is 0 Å². The van der Waals surface area contributed by atoms with Crippen molar-refractivity contribution < 1.29 is 9.53 Å². The molecule has 4 aliphatic rings. The van der Waals surface area contributed by atoms with E-state index < -0.39 is 0 Å². The molecule has 2 saturated carbocycles. The molecule has 0 spiro atoms. The first-order valence-corrected chi connectivity index (χ1v) is 10.5. The van der Waals surface area contributed by atoms with Crippen molar-refractivity contribution in [3.8, 4) is 5.75 Å². The van der Waals surface area contributed by atoms with E-state index in [-0.39, 0.29) is 5.41 Å². The highest BCUT2D eigenvalue weighted by Gasteiger charge is 2.58. The first-order chi connectivity index (χ1) is 12.6. The second-order valence-corrected chi connectivity index (χ2v) is 9.42. The lowest BCUT2D eigenvalue weighted by atomic mass is 9.49. The summed E-state index contributed by atoms with van der Waals surface area (Å²) in [6.45, 7) is 4.78.